The van der Waals surface area contributed by atoms with Gasteiger partial charge in [0.25, 0.3) is 5.56 Å². The van der Waals surface area contributed by atoms with Gasteiger partial charge in [0.05, 0.1) is 22.7 Å². The molecule has 0 bridgehead atoms. The quantitative estimate of drug-likeness (QED) is 0.356. The minimum Gasteiger partial charge on any atom is -0.497 e. The van der Waals surface area contributed by atoms with Gasteiger partial charge in [-0.25, -0.2) is 9.38 Å². The first kappa shape index (κ1) is 20.1. The van der Waals surface area contributed by atoms with E-state index >= 15 is 0 Å². The fourth-order valence-corrected chi connectivity index (χ4v) is 4.45. The summed E-state index contributed by atoms with van der Waals surface area (Å²) in [7, 11) is 1.62. The smallest absolute Gasteiger partial charge is 0.274 e. The maximum absolute atomic E-state index is 12.9. The highest BCUT2D eigenvalue weighted by molar-refractivity contribution is 7.15. The van der Waals surface area contributed by atoms with Crippen LogP contribution in [0.5, 0.6) is 17.2 Å². The zero-order valence-corrected chi connectivity index (χ0v) is 18.2. The predicted octanol–water partition coefficient (Wildman–Crippen LogP) is 3.92. The van der Waals surface area contributed by atoms with Gasteiger partial charge in [0.15, 0.2) is 4.96 Å². The summed E-state index contributed by atoms with van der Waals surface area (Å²) in [6.07, 6.45) is 1.87. The fourth-order valence-electron chi connectivity index (χ4n) is 3.47. The Morgan fingerprint density at radius 1 is 0.906 bits per heavy atom. The average Bonchev–Trinajstić information content (AvgIpc) is 3.33. The third-order valence-corrected chi connectivity index (χ3v) is 5.93. The molecule has 6 nitrogen and oxygen atoms in total. The molecule has 0 saturated carbocycles. The molecule has 2 heterocycles. The first-order valence-corrected chi connectivity index (χ1v) is 10.9. The lowest BCUT2D eigenvalue weighted by Gasteiger charge is -2.09. The van der Waals surface area contributed by atoms with Gasteiger partial charge >= 0.3 is 0 Å². The lowest BCUT2D eigenvalue weighted by molar-refractivity contribution is 0.216. The topological polar surface area (TPSA) is 62.1 Å². The molecule has 0 fully saturated rings. The molecule has 0 saturated heterocycles. The van der Waals surface area contributed by atoms with E-state index in [4.69, 9.17) is 14.2 Å². The number of fused-ring (bicyclic) bond motifs is 3. The van der Waals surface area contributed by atoms with Crippen LogP contribution in [0.15, 0.2) is 77.6 Å². The largest absolute Gasteiger partial charge is 0.497 e. The summed E-state index contributed by atoms with van der Waals surface area (Å²) in [6.45, 7) is 0.799. The van der Waals surface area contributed by atoms with Gasteiger partial charge in [-0.1, -0.05) is 41.7 Å². The van der Waals surface area contributed by atoms with Crippen LogP contribution in [0.3, 0.4) is 0 Å². The van der Waals surface area contributed by atoms with E-state index in [0.29, 0.717) is 28.5 Å². The minimum atomic E-state index is -0.0586. The van der Waals surface area contributed by atoms with Gasteiger partial charge in [0, 0.05) is 6.07 Å². The molecule has 0 amide bonds. The number of para-hydroxylation sites is 2. The molecule has 5 aromatic rings. The maximum atomic E-state index is 12.9. The van der Waals surface area contributed by atoms with Crippen molar-refractivity contribution in [2.75, 3.05) is 20.3 Å². The summed E-state index contributed by atoms with van der Waals surface area (Å²) in [6, 6.07) is 22.8. The standard InChI is InChI=1S/C25H20N2O4S/c1-29-18-7-5-9-20(16-18)31-13-12-30-19-8-4-6-17(14-19)15-23-24(28)27-22-11-3-2-10-21(22)26-25(27)32-23/h2-11,14-16H,12-13H2,1H3. The summed E-state index contributed by atoms with van der Waals surface area (Å²) in [5.74, 6) is 2.19. The summed E-state index contributed by atoms with van der Waals surface area (Å²) < 4.78 is 19.0. The molecule has 5 rings (SSSR count). The Morgan fingerprint density at radius 3 is 2.44 bits per heavy atom. The summed E-state index contributed by atoms with van der Waals surface area (Å²) >= 11 is 1.39. The van der Waals surface area contributed by atoms with E-state index in [1.165, 1.54) is 11.3 Å². The second-order valence-corrected chi connectivity index (χ2v) is 8.09. The van der Waals surface area contributed by atoms with Crippen molar-refractivity contribution in [1.29, 1.82) is 0 Å². The van der Waals surface area contributed by atoms with Gasteiger partial charge in [-0.3, -0.25) is 4.79 Å². The monoisotopic (exact) mass is 444 g/mol. The third-order valence-electron chi connectivity index (χ3n) is 4.96. The number of nitrogens with zero attached hydrogens (tertiary/aromatic N) is 2. The fraction of sp³-hybridized carbons (Fsp3) is 0.120. The van der Waals surface area contributed by atoms with Gasteiger partial charge in [-0.05, 0) is 48.0 Å². The molecule has 0 radical (unpaired) electrons. The van der Waals surface area contributed by atoms with Crippen LogP contribution in [0.25, 0.3) is 22.1 Å². The van der Waals surface area contributed by atoms with E-state index in [0.717, 1.165) is 28.1 Å². The highest BCUT2D eigenvalue weighted by Crippen LogP contribution is 2.19. The van der Waals surface area contributed by atoms with Crippen molar-refractivity contribution in [3.8, 4) is 17.2 Å². The molecule has 32 heavy (non-hydrogen) atoms. The van der Waals surface area contributed by atoms with Crippen molar-refractivity contribution >= 4 is 33.4 Å². The van der Waals surface area contributed by atoms with Gasteiger partial charge in [0.2, 0.25) is 0 Å². The Labute approximate surface area is 187 Å². The van der Waals surface area contributed by atoms with Gasteiger partial charge < -0.3 is 14.2 Å². The second kappa shape index (κ2) is 8.72. The number of thiazole rings is 1. The summed E-state index contributed by atoms with van der Waals surface area (Å²) in [5.41, 5.74) is 2.49. The van der Waals surface area contributed by atoms with Crippen LogP contribution >= 0.6 is 11.3 Å². The van der Waals surface area contributed by atoms with Crippen LogP contribution < -0.4 is 24.3 Å². The molecule has 0 aliphatic heterocycles. The van der Waals surface area contributed by atoms with Crippen LogP contribution in [0.4, 0.5) is 0 Å². The van der Waals surface area contributed by atoms with Crippen LogP contribution in [-0.4, -0.2) is 29.7 Å². The third kappa shape index (κ3) is 4.02. The van der Waals surface area contributed by atoms with Crippen LogP contribution in [0.2, 0.25) is 0 Å². The summed E-state index contributed by atoms with van der Waals surface area (Å²) in [5, 5.41) is 0. The van der Waals surface area contributed by atoms with Crippen molar-refractivity contribution in [3.63, 3.8) is 0 Å². The van der Waals surface area contributed by atoms with E-state index in [2.05, 4.69) is 4.98 Å². The minimum absolute atomic E-state index is 0.0586. The van der Waals surface area contributed by atoms with E-state index in [-0.39, 0.29) is 5.56 Å². The first-order chi connectivity index (χ1) is 15.7. The van der Waals surface area contributed by atoms with E-state index in [1.54, 1.807) is 11.5 Å². The SMILES string of the molecule is COc1cccc(OCCOc2cccc(C=c3sc4nc5ccccc5n4c3=O)c2)c1. The number of rotatable bonds is 7. The van der Waals surface area contributed by atoms with Crippen molar-refractivity contribution < 1.29 is 14.2 Å². The Kier molecular flexibility index (Phi) is 5.47. The molecule has 0 aliphatic carbocycles. The molecule has 0 unspecified atom stereocenters. The number of hydrogen-bond donors (Lipinski definition) is 0. The van der Waals surface area contributed by atoms with Crippen molar-refractivity contribution in [1.82, 2.24) is 9.38 Å². The molecule has 0 aliphatic rings. The second-order valence-electron chi connectivity index (χ2n) is 7.08. The maximum Gasteiger partial charge on any atom is 0.274 e. The van der Waals surface area contributed by atoms with Crippen molar-refractivity contribution in [2.24, 2.45) is 0 Å². The molecule has 160 valence electrons. The molecule has 3 aromatic carbocycles. The number of imidazole rings is 1. The average molecular weight is 445 g/mol. The number of benzene rings is 3. The number of methoxy groups -OCH3 is 1. The molecule has 2 aromatic heterocycles. The van der Waals surface area contributed by atoms with Crippen LogP contribution in [0.1, 0.15) is 5.56 Å². The van der Waals surface area contributed by atoms with Crippen molar-refractivity contribution in [3.05, 3.63) is 93.2 Å². The summed E-state index contributed by atoms with van der Waals surface area (Å²) in [4.78, 5) is 18.2. The number of aromatic nitrogens is 2. The zero-order valence-electron chi connectivity index (χ0n) is 17.4. The highest BCUT2D eigenvalue weighted by atomic mass is 32.1. The van der Waals surface area contributed by atoms with Gasteiger partial charge in [0.1, 0.15) is 30.5 Å². The number of ether oxygens (including phenoxy) is 3. The normalized spacial score (nSPS) is 11.8. The zero-order chi connectivity index (χ0) is 21.9. The predicted molar refractivity (Wildman–Crippen MR) is 126 cm³/mol. The molecule has 7 heteroatoms. The molecule has 0 spiro atoms. The Bertz CT molecular complexity index is 1510. The van der Waals surface area contributed by atoms with Gasteiger partial charge in [-0.2, -0.15) is 0 Å². The van der Waals surface area contributed by atoms with E-state index in [1.807, 2.05) is 78.9 Å². The highest BCUT2D eigenvalue weighted by Gasteiger charge is 2.10. The Morgan fingerprint density at radius 2 is 1.62 bits per heavy atom. The number of hydrogen-bond acceptors (Lipinski definition) is 6. The Balaban J connectivity index is 1.30. The van der Waals surface area contributed by atoms with Crippen LogP contribution in [-0.2, 0) is 0 Å². The molecule has 0 N–H and O–H groups in total. The van der Waals surface area contributed by atoms with Crippen LogP contribution in [0, 0.1) is 0 Å². The lowest BCUT2D eigenvalue weighted by atomic mass is 10.2. The lowest BCUT2D eigenvalue weighted by Crippen LogP contribution is -2.22. The first-order valence-electron chi connectivity index (χ1n) is 10.1. The van der Waals surface area contributed by atoms with E-state index < -0.39 is 0 Å². The molecular formula is C25H20N2O4S. The van der Waals surface area contributed by atoms with Crippen molar-refractivity contribution in [2.45, 2.75) is 0 Å². The van der Waals surface area contributed by atoms with E-state index in [9.17, 15) is 4.79 Å². The Hall–Kier alpha value is -3.84. The molecule has 0 atom stereocenters. The molecular weight excluding hydrogens is 424 g/mol. The van der Waals surface area contributed by atoms with Gasteiger partial charge in [-0.15, -0.1) is 0 Å².